The Morgan fingerprint density at radius 2 is 2.20 bits per heavy atom. The summed E-state index contributed by atoms with van der Waals surface area (Å²) in [5.41, 5.74) is 0.788. The molecule has 4 heteroatoms. The van der Waals surface area contributed by atoms with Crippen LogP contribution in [0, 0.1) is 6.92 Å². The SMILES string of the molecule is COC1(c2nc(C)c(C(C)O)s2)CCC1. The third kappa shape index (κ3) is 1.71. The van der Waals surface area contributed by atoms with E-state index < -0.39 is 6.10 Å². The summed E-state index contributed by atoms with van der Waals surface area (Å²) in [5, 5.41) is 10.6. The van der Waals surface area contributed by atoms with E-state index in [4.69, 9.17) is 4.74 Å². The molecule has 1 aromatic heterocycles. The van der Waals surface area contributed by atoms with E-state index in [0.29, 0.717) is 0 Å². The Bertz CT molecular complexity index is 350. The largest absolute Gasteiger partial charge is 0.388 e. The molecule has 0 saturated heterocycles. The minimum Gasteiger partial charge on any atom is -0.388 e. The van der Waals surface area contributed by atoms with Crippen molar-refractivity contribution in [3.63, 3.8) is 0 Å². The molecule has 1 atom stereocenters. The van der Waals surface area contributed by atoms with E-state index in [1.165, 1.54) is 6.42 Å². The van der Waals surface area contributed by atoms with Gasteiger partial charge in [0.05, 0.1) is 16.7 Å². The van der Waals surface area contributed by atoms with Crippen molar-refractivity contribution in [1.29, 1.82) is 0 Å². The molecule has 2 rings (SSSR count). The van der Waals surface area contributed by atoms with Gasteiger partial charge in [-0.05, 0) is 33.1 Å². The van der Waals surface area contributed by atoms with E-state index in [1.54, 1.807) is 25.4 Å². The second-order valence-corrected chi connectivity index (χ2v) is 5.23. The number of methoxy groups -OCH3 is 1. The molecule has 1 N–H and O–H groups in total. The van der Waals surface area contributed by atoms with E-state index in [2.05, 4.69) is 4.98 Å². The van der Waals surface area contributed by atoms with Crippen molar-refractivity contribution in [2.45, 2.75) is 44.8 Å². The van der Waals surface area contributed by atoms with Crippen LogP contribution in [0.3, 0.4) is 0 Å². The van der Waals surface area contributed by atoms with E-state index in [9.17, 15) is 5.11 Å². The molecule has 84 valence electrons. The first-order valence-electron chi connectivity index (χ1n) is 5.30. The molecule has 0 spiro atoms. The van der Waals surface area contributed by atoms with E-state index in [-0.39, 0.29) is 5.60 Å². The quantitative estimate of drug-likeness (QED) is 0.862. The van der Waals surface area contributed by atoms with E-state index in [1.807, 2.05) is 6.92 Å². The number of aliphatic hydroxyl groups is 1. The summed E-state index contributed by atoms with van der Waals surface area (Å²) in [7, 11) is 1.75. The first-order chi connectivity index (χ1) is 7.09. The third-order valence-electron chi connectivity index (χ3n) is 3.15. The topological polar surface area (TPSA) is 42.4 Å². The predicted octanol–water partition coefficient (Wildman–Crippen LogP) is 2.53. The molecule has 1 saturated carbocycles. The van der Waals surface area contributed by atoms with Gasteiger partial charge in [-0.15, -0.1) is 11.3 Å². The lowest BCUT2D eigenvalue weighted by molar-refractivity contribution is -0.0780. The first kappa shape index (κ1) is 11.0. The Morgan fingerprint density at radius 1 is 1.53 bits per heavy atom. The molecule has 0 aliphatic heterocycles. The molecule has 1 aromatic rings. The van der Waals surface area contributed by atoms with Gasteiger partial charge < -0.3 is 9.84 Å². The standard InChI is InChI=1S/C11H17NO2S/c1-7-9(8(2)13)15-10(12-7)11(14-3)5-4-6-11/h8,13H,4-6H2,1-3H3. The molecule has 1 aliphatic carbocycles. The zero-order chi connectivity index (χ0) is 11.1. The highest BCUT2D eigenvalue weighted by molar-refractivity contribution is 7.12. The number of nitrogens with zero attached hydrogens (tertiary/aromatic N) is 1. The van der Waals surface area contributed by atoms with Crippen LogP contribution >= 0.6 is 11.3 Å². The van der Waals surface area contributed by atoms with Crippen molar-refractivity contribution in [3.8, 4) is 0 Å². The van der Waals surface area contributed by atoms with Crippen LogP contribution in [0.1, 0.15) is 47.9 Å². The van der Waals surface area contributed by atoms with Gasteiger partial charge in [0.15, 0.2) is 0 Å². The predicted molar refractivity (Wildman–Crippen MR) is 60.0 cm³/mol. The monoisotopic (exact) mass is 227 g/mol. The molecule has 1 fully saturated rings. The number of aliphatic hydroxyl groups excluding tert-OH is 1. The molecule has 1 unspecified atom stereocenters. The fourth-order valence-corrected chi connectivity index (χ4v) is 3.22. The lowest BCUT2D eigenvalue weighted by Crippen LogP contribution is -2.35. The van der Waals surface area contributed by atoms with Crippen molar-refractivity contribution < 1.29 is 9.84 Å². The van der Waals surface area contributed by atoms with Gasteiger partial charge in [-0.2, -0.15) is 0 Å². The second-order valence-electron chi connectivity index (χ2n) is 4.20. The molecular weight excluding hydrogens is 210 g/mol. The number of ether oxygens (including phenoxy) is 1. The number of thiazole rings is 1. The highest BCUT2D eigenvalue weighted by Crippen LogP contribution is 2.46. The molecule has 0 bridgehead atoms. The van der Waals surface area contributed by atoms with Gasteiger partial charge >= 0.3 is 0 Å². The van der Waals surface area contributed by atoms with Crippen LogP contribution in [0.25, 0.3) is 0 Å². The average molecular weight is 227 g/mol. The molecule has 15 heavy (non-hydrogen) atoms. The summed E-state index contributed by atoms with van der Waals surface area (Å²) in [6.45, 7) is 3.73. The summed E-state index contributed by atoms with van der Waals surface area (Å²) in [5.74, 6) is 0. The molecule has 0 amide bonds. The van der Waals surface area contributed by atoms with Crippen molar-refractivity contribution in [2.75, 3.05) is 7.11 Å². The maximum absolute atomic E-state index is 9.58. The minimum atomic E-state index is -0.426. The van der Waals surface area contributed by atoms with Crippen LogP contribution in [-0.2, 0) is 10.3 Å². The van der Waals surface area contributed by atoms with Gasteiger partial charge in [0.25, 0.3) is 0 Å². The van der Waals surface area contributed by atoms with Crippen molar-refractivity contribution in [1.82, 2.24) is 4.98 Å². The number of aromatic nitrogens is 1. The van der Waals surface area contributed by atoms with Crippen LogP contribution in [0.15, 0.2) is 0 Å². The lowest BCUT2D eigenvalue weighted by Gasteiger charge is -2.38. The molecule has 1 aliphatic rings. The molecule has 3 nitrogen and oxygen atoms in total. The number of hydrogen-bond acceptors (Lipinski definition) is 4. The summed E-state index contributed by atoms with van der Waals surface area (Å²) >= 11 is 1.59. The molecule has 0 aromatic carbocycles. The normalized spacial score (nSPS) is 21.1. The number of hydrogen-bond donors (Lipinski definition) is 1. The summed E-state index contributed by atoms with van der Waals surface area (Å²) in [6, 6.07) is 0. The van der Waals surface area contributed by atoms with Crippen LogP contribution in [0.4, 0.5) is 0 Å². The van der Waals surface area contributed by atoms with Gasteiger partial charge in [0, 0.05) is 7.11 Å². The molecule has 1 heterocycles. The van der Waals surface area contributed by atoms with Gasteiger partial charge in [0.1, 0.15) is 10.6 Å². The highest BCUT2D eigenvalue weighted by atomic mass is 32.1. The summed E-state index contributed by atoms with van der Waals surface area (Å²) in [4.78, 5) is 5.50. The Hall–Kier alpha value is -0.450. The molecular formula is C11H17NO2S. The van der Waals surface area contributed by atoms with Crippen molar-refractivity contribution in [2.24, 2.45) is 0 Å². The van der Waals surface area contributed by atoms with E-state index >= 15 is 0 Å². The van der Waals surface area contributed by atoms with Crippen LogP contribution in [0.5, 0.6) is 0 Å². The van der Waals surface area contributed by atoms with Gasteiger partial charge in [-0.3, -0.25) is 0 Å². The first-order valence-corrected chi connectivity index (χ1v) is 6.12. The lowest BCUT2D eigenvalue weighted by atomic mass is 9.80. The second kappa shape index (κ2) is 3.85. The zero-order valence-electron chi connectivity index (χ0n) is 9.41. The van der Waals surface area contributed by atoms with Gasteiger partial charge in [-0.1, -0.05) is 0 Å². The van der Waals surface area contributed by atoms with E-state index in [0.717, 1.165) is 28.4 Å². The number of aryl methyl sites for hydroxylation is 1. The fraction of sp³-hybridized carbons (Fsp3) is 0.727. The number of rotatable bonds is 3. The highest BCUT2D eigenvalue weighted by Gasteiger charge is 2.42. The van der Waals surface area contributed by atoms with Crippen LogP contribution < -0.4 is 0 Å². The Balaban J connectivity index is 2.33. The average Bonchev–Trinajstić information content (AvgIpc) is 2.47. The van der Waals surface area contributed by atoms with Crippen molar-refractivity contribution >= 4 is 11.3 Å². The minimum absolute atomic E-state index is 0.150. The summed E-state index contributed by atoms with van der Waals surface area (Å²) < 4.78 is 5.57. The Labute approximate surface area is 94.1 Å². The van der Waals surface area contributed by atoms with Crippen molar-refractivity contribution in [3.05, 3.63) is 15.6 Å². The van der Waals surface area contributed by atoms with Gasteiger partial charge in [0.2, 0.25) is 0 Å². The van der Waals surface area contributed by atoms with Gasteiger partial charge in [-0.25, -0.2) is 4.98 Å². The smallest absolute Gasteiger partial charge is 0.125 e. The Morgan fingerprint density at radius 3 is 2.53 bits per heavy atom. The fourth-order valence-electron chi connectivity index (χ4n) is 1.99. The maximum Gasteiger partial charge on any atom is 0.125 e. The zero-order valence-corrected chi connectivity index (χ0v) is 10.2. The summed E-state index contributed by atoms with van der Waals surface area (Å²) in [6.07, 6.45) is 2.88. The van der Waals surface area contributed by atoms with Crippen LogP contribution in [0.2, 0.25) is 0 Å². The maximum atomic E-state index is 9.58. The van der Waals surface area contributed by atoms with Crippen LogP contribution in [-0.4, -0.2) is 17.2 Å². The molecule has 0 radical (unpaired) electrons. The Kier molecular flexibility index (Phi) is 2.83. The third-order valence-corrected chi connectivity index (χ3v) is 4.67.